The summed E-state index contributed by atoms with van der Waals surface area (Å²) in [5.41, 5.74) is 2.37. The number of benzene rings is 4. The second-order valence-corrected chi connectivity index (χ2v) is 12.4. The largest absolute Gasteiger partial charge is 0.422 e. The first-order chi connectivity index (χ1) is 16.8. The van der Waals surface area contributed by atoms with Crippen molar-refractivity contribution in [1.29, 1.82) is 0 Å². The molecule has 0 fully saturated rings. The summed E-state index contributed by atoms with van der Waals surface area (Å²) in [4.78, 5) is 13.8. The molecule has 0 bridgehead atoms. The first-order valence-corrected chi connectivity index (χ1v) is 13.4. The minimum Gasteiger partial charge on any atom is -0.422 e. The van der Waals surface area contributed by atoms with Crippen LogP contribution in [0.25, 0.3) is 22.1 Å². The van der Waals surface area contributed by atoms with Crippen LogP contribution in [0.4, 0.5) is 0 Å². The Morgan fingerprint density at radius 2 is 1.20 bits per heavy atom. The zero-order chi connectivity index (χ0) is 24.6. The Kier molecular flexibility index (Phi) is 5.83. The van der Waals surface area contributed by atoms with E-state index in [9.17, 15) is 4.79 Å². The molecule has 3 nitrogen and oxygen atoms in total. The van der Waals surface area contributed by atoms with Gasteiger partial charge in [0.05, 0.1) is 0 Å². The highest BCUT2D eigenvalue weighted by molar-refractivity contribution is 7.85. The fourth-order valence-corrected chi connectivity index (χ4v) is 7.39. The molecule has 0 radical (unpaired) electrons. The van der Waals surface area contributed by atoms with Gasteiger partial charge in [-0.05, 0) is 22.6 Å². The van der Waals surface area contributed by atoms with Gasteiger partial charge in [-0.15, -0.1) is 0 Å². The van der Waals surface area contributed by atoms with Gasteiger partial charge in [0.25, 0.3) is 0 Å². The molecule has 174 valence electrons. The molecule has 35 heavy (non-hydrogen) atoms. The number of fused-ring (bicyclic) bond motifs is 1. The Morgan fingerprint density at radius 3 is 1.71 bits per heavy atom. The molecule has 0 atom stereocenters. The number of hydrogen-bond acceptors (Lipinski definition) is 3. The topological polar surface area (TPSA) is 47.3 Å². The Bertz CT molecular complexity index is 1550. The van der Waals surface area contributed by atoms with Crippen molar-refractivity contribution >= 4 is 34.0 Å². The summed E-state index contributed by atoms with van der Waals surface area (Å²) in [7, 11) is -3.57. The van der Waals surface area contributed by atoms with E-state index in [1.165, 1.54) is 0 Å². The highest BCUT2D eigenvalue weighted by Crippen LogP contribution is 2.45. The SMILES string of the molecule is CC(C)(C)c1ccc2c(-c3ccccc3)c(P(=O)(c3ccccc3)c3ccccc3)c(=O)oc2c1. The summed E-state index contributed by atoms with van der Waals surface area (Å²) >= 11 is 0. The average molecular weight is 479 g/mol. The van der Waals surface area contributed by atoms with E-state index in [1.807, 2.05) is 103 Å². The van der Waals surface area contributed by atoms with Gasteiger partial charge in [-0.2, -0.15) is 0 Å². The van der Waals surface area contributed by atoms with Crippen molar-refractivity contribution in [1.82, 2.24) is 0 Å². The van der Waals surface area contributed by atoms with E-state index in [0.29, 0.717) is 21.8 Å². The minimum absolute atomic E-state index is 0.109. The van der Waals surface area contributed by atoms with Gasteiger partial charge in [0.2, 0.25) is 0 Å². The fourth-order valence-electron chi connectivity index (χ4n) is 4.52. The Balaban J connectivity index is 1.96. The van der Waals surface area contributed by atoms with E-state index in [4.69, 9.17) is 4.42 Å². The normalized spacial score (nSPS) is 12.1. The summed E-state index contributed by atoms with van der Waals surface area (Å²) in [6.45, 7) is 6.37. The van der Waals surface area contributed by atoms with Crippen LogP contribution in [0.1, 0.15) is 26.3 Å². The molecule has 5 rings (SSSR count). The summed E-state index contributed by atoms with van der Waals surface area (Å²) in [5.74, 6) is 0. The number of rotatable bonds is 4. The monoisotopic (exact) mass is 478 g/mol. The van der Waals surface area contributed by atoms with Crippen LogP contribution in [0.2, 0.25) is 0 Å². The third-order valence-corrected chi connectivity index (χ3v) is 9.45. The van der Waals surface area contributed by atoms with Crippen LogP contribution >= 0.6 is 7.14 Å². The highest BCUT2D eigenvalue weighted by atomic mass is 31.2. The van der Waals surface area contributed by atoms with Crippen molar-refractivity contribution in [3.05, 3.63) is 125 Å². The van der Waals surface area contributed by atoms with E-state index < -0.39 is 12.8 Å². The van der Waals surface area contributed by atoms with Crippen LogP contribution in [0.5, 0.6) is 0 Å². The van der Waals surface area contributed by atoms with Crippen molar-refractivity contribution in [2.24, 2.45) is 0 Å². The van der Waals surface area contributed by atoms with Gasteiger partial charge in [0.1, 0.15) is 10.9 Å². The molecule has 0 N–H and O–H groups in total. The van der Waals surface area contributed by atoms with Crippen molar-refractivity contribution in [3.63, 3.8) is 0 Å². The molecule has 1 aromatic heterocycles. The Hall–Kier alpha value is -3.68. The lowest BCUT2D eigenvalue weighted by Gasteiger charge is -2.23. The third-order valence-electron chi connectivity index (χ3n) is 6.37. The first-order valence-electron chi connectivity index (χ1n) is 11.7. The number of hydrogen-bond donors (Lipinski definition) is 0. The molecule has 0 saturated heterocycles. The lowest BCUT2D eigenvalue weighted by atomic mass is 9.86. The van der Waals surface area contributed by atoms with Gasteiger partial charge in [-0.25, -0.2) is 4.79 Å². The van der Waals surface area contributed by atoms with Gasteiger partial charge < -0.3 is 8.98 Å². The predicted octanol–water partition coefficient (Wildman–Crippen LogP) is 6.40. The lowest BCUT2D eigenvalue weighted by Crippen LogP contribution is -2.35. The molecular formula is C31H27O3P. The maximum Gasteiger partial charge on any atom is 0.348 e. The molecule has 0 spiro atoms. The molecule has 0 amide bonds. The van der Waals surface area contributed by atoms with Gasteiger partial charge in [0.15, 0.2) is 7.14 Å². The third kappa shape index (κ3) is 4.07. The van der Waals surface area contributed by atoms with Gasteiger partial charge in [-0.3, -0.25) is 0 Å². The van der Waals surface area contributed by atoms with Crippen LogP contribution in [0.3, 0.4) is 0 Å². The van der Waals surface area contributed by atoms with E-state index in [0.717, 1.165) is 16.5 Å². The average Bonchev–Trinajstić information content (AvgIpc) is 2.88. The molecule has 1 heterocycles. The lowest BCUT2D eigenvalue weighted by molar-refractivity contribution is 0.556. The minimum atomic E-state index is -3.57. The molecule has 0 aliphatic rings. The van der Waals surface area contributed by atoms with E-state index in [2.05, 4.69) is 26.8 Å². The van der Waals surface area contributed by atoms with E-state index in [-0.39, 0.29) is 10.7 Å². The fraction of sp³-hybridized carbons (Fsp3) is 0.129. The molecule has 0 aliphatic heterocycles. The van der Waals surface area contributed by atoms with Gasteiger partial charge >= 0.3 is 5.63 Å². The summed E-state index contributed by atoms with van der Waals surface area (Å²) in [6, 6.07) is 34.2. The molecular weight excluding hydrogens is 451 g/mol. The summed E-state index contributed by atoms with van der Waals surface area (Å²) < 4.78 is 21.2. The molecule has 0 unspecified atom stereocenters. The summed E-state index contributed by atoms with van der Waals surface area (Å²) in [5, 5.41) is 2.17. The van der Waals surface area contributed by atoms with Gasteiger partial charge in [-0.1, -0.05) is 124 Å². The predicted molar refractivity (Wildman–Crippen MR) is 146 cm³/mol. The zero-order valence-electron chi connectivity index (χ0n) is 20.1. The van der Waals surface area contributed by atoms with Crippen LogP contribution in [-0.2, 0) is 9.98 Å². The van der Waals surface area contributed by atoms with Crippen LogP contribution in [-0.4, -0.2) is 0 Å². The van der Waals surface area contributed by atoms with E-state index >= 15 is 4.57 Å². The molecule has 0 saturated carbocycles. The van der Waals surface area contributed by atoms with Crippen LogP contribution < -0.4 is 21.5 Å². The Morgan fingerprint density at radius 1 is 0.686 bits per heavy atom. The molecule has 4 heteroatoms. The van der Waals surface area contributed by atoms with Crippen molar-refractivity contribution in [2.45, 2.75) is 26.2 Å². The zero-order valence-corrected chi connectivity index (χ0v) is 21.0. The quantitative estimate of drug-likeness (QED) is 0.222. The van der Waals surface area contributed by atoms with Crippen molar-refractivity contribution in [3.8, 4) is 11.1 Å². The maximum absolute atomic E-state index is 15.2. The van der Waals surface area contributed by atoms with Crippen molar-refractivity contribution < 1.29 is 8.98 Å². The standard InChI is InChI=1S/C31H27O3P/c1-31(2,3)23-19-20-26-27(21-23)34-30(32)29(28(26)22-13-7-4-8-14-22)35(33,24-15-9-5-10-16-24)25-17-11-6-12-18-25/h4-21H,1-3H3. The highest BCUT2D eigenvalue weighted by Gasteiger charge is 2.37. The van der Waals surface area contributed by atoms with Crippen LogP contribution in [0.15, 0.2) is 118 Å². The van der Waals surface area contributed by atoms with E-state index in [1.54, 1.807) is 0 Å². The second-order valence-electron chi connectivity index (χ2n) is 9.72. The second kappa shape index (κ2) is 8.83. The molecule has 5 aromatic rings. The maximum atomic E-state index is 15.2. The van der Waals surface area contributed by atoms with Crippen molar-refractivity contribution in [2.75, 3.05) is 0 Å². The molecule has 0 aliphatic carbocycles. The molecule has 4 aromatic carbocycles. The van der Waals surface area contributed by atoms with Crippen LogP contribution in [0, 0.1) is 0 Å². The smallest absolute Gasteiger partial charge is 0.348 e. The Labute approximate surface area is 205 Å². The first kappa shape index (κ1) is 23.1. The summed E-state index contributed by atoms with van der Waals surface area (Å²) in [6.07, 6.45) is 0. The van der Waals surface area contributed by atoms with Gasteiger partial charge in [0, 0.05) is 21.6 Å².